The van der Waals surface area contributed by atoms with Crippen LogP contribution < -0.4 is 0 Å². The van der Waals surface area contributed by atoms with E-state index in [1.54, 1.807) is 0 Å². The molecule has 0 aromatic rings. The fraction of sp³-hybridized carbons (Fsp3) is 0. The van der Waals surface area contributed by atoms with Crippen molar-refractivity contribution in [1.29, 1.82) is 0 Å². The number of hydrogen-bond donors (Lipinski definition) is 0. The van der Waals surface area contributed by atoms with Crippen molar-refractivity contribution in [2.45, 2.75) is 0 Å². The summed E-state index contributed by atoms with van der Waals surface area (Å²) in [5, 5.41) is 6.19. The van der Waals surface area contributed by atoms with E-state index < -0.39 is 0 Å². The van der Waals surface area contributed by atoms with Crippen LogP contribution in [0.5, 0.6) is 0 Å². The van der Waals surface area contributed by atoms with Gasteiger partial charge < -0.3 is 0 Å². The number of carbonyl (C=O) groups excluding carboxylic acids is 1. The van der Waals surface area contributed by atoms with Gasteiger partial charge in [0.05, 0.1) is 0 Å². The van der Waals surface area contributed by atoms with Crippen LogP contribution in [-0.4, -0.2) is 5.91 Å². The maximum Gasteiger partial charge on any atom is 0.290 e. The quantitative estimate of drug-likeness (QED) is 0.413. The van der Waals surface area contributed by atoms with Crippen LogP contribution in [0.15, 0.2) is 16.3 Å². The van der Waals surface area contributed by atoms with Gasteiger partial charge in [-0.05, 0) is 0 Å². The van der Waals surface area contributed by atoms with Crippen LogP contribution in [0.4, 0.5) is 0 Å². The fourth-order valence-corrected chi connectivity index (χ4v) is 0.191. The normalized spacial score (nSPS) is 17.0. The molecule has 0 unspecified atom stereocenters. The first-order valence-corrected chi connectivity index (χ1v) is 1.43. The van der Waals surface area contributed by atoms with Crippen molar-refractivity contribution in [2.24, 2.45) is 10.2 Å². The Bertz CT molecular complexity index is 111. The molecule has 3 heteroatoms. The third-order valence-corrected chi connectivity index (χ3v) is 0.394. The third kappa shape index (κ3) is 0.337. The van der Waals surface area contributed by atoms with Gasteiger partial charge in [0.15, 0.2) is 0 Å². The largest absolute Gasteiger partial charge is 0.290 e. The molecule has 1 aliphatic rings. The summed E-state index contributed by atoms with van der Waals surface area (Å²) in [4.78, 5) is 9.86. The Balaban J connectivity index is 2.86. The summed E-state index contributed by atoms with van der Waals surface area (Å²) in [6.45, 7) is 0. The Morgan fingerprint density at radius 1 is 1.83 bits per heavy atom. The topological polar surface area (TPSA) is 41.8 Å². The highest BCUT2D eigenvalue weighted by Crippen LogP contribution is 1.88. The zero-order chi connectivity index (χ0) is 4.41. The minimum absolute atomic E-state index is 0.324. The number of carbonyl (C=O) groups is 1. The number of hydrogen-bond acceptors (Lipinski definition) is 2. The molecule has 0 saturated carbocycles. The van der Waals surface area contributed by atoms with E-state index in [4.69, 9.17) is 0 Å². The van der Waals surface area contributed by atoms with Crippen LogP contribution in [0, 0.1) is 6.20 Å². The van der Waals surface area contributed by atoms with Gasteiger partial charge >= 0.3 is 0 Å². The van der Waals surface area contributed by atoms with Crippen LogP contribution in [0.2, 0.25) is 0 Å². The van der Waals surface area contributed by atoms with Crippen LogP contribution in [0.1, 0.15) is 0 Å². The van der Waals surface area contributed by atoms with Gasteiger partial charge in [0, 0.05) is 6.08 Å². The molecule has 1 aliphatic heterocycles. The first-order chi connectivity index (χ1) is 2.89. The Morgan fingerprint density at radius 2 is 2.67 bits per heavy atom. The predicted octanol–water partition coefficient (Wildman–Crippen LogP) is 0.296. The molecule has 0 saturated heterocycles. The van der Waals surface area contributed by atoms with Crippen LogP contribution in [-0.2, 0) is 4.79 Å². The lowest BCUT2D eigenvalue weighted by Crippen LogP contribution is -1.74. The van der Waals surface area contributed by atoms with Gasteiger partial charge in [-0.2, -0.15) is 0 Å². The molecule has 0 bridgehead atoms. The number of amides is 1. The molecule has 0 aliphatic carbocycles. The lowest BCUT2D eigenvalue weighted by molar-refractivity contribution is -0.113. The highest BCUT2D eigenvalue weighted by Gasteiger charge is 1.93. The molecule has 0 spiro atoms. The van der Waals surface area contributed by atoms with Crippen molar-refractivity contribution in [3.05, 3.63) is 12.3 Å². The summed E-state index contributed by atoms with van der Waals surface area (Å²) in [6.07, 6.45) is 3.44. The standard InChI is InChI=1S/C3HN2O/c6-3-1-2-4-5-3/h1H. The van der Waals surface area contributed by atoms with Crippen LogP contribution in [0.3, 0.4) is 0 Å². The number of rotatable bonds is 0. The second-order valence-corrected chi connectivity index (χ2v) is 0.812. The van der Waals surface area contributed by atoms with Gasteiger partial charge in [-0.1, -0.05) is 0 Å². The second kappa shape index (κ2) is 1.01. The molecule has 1 rings (SSSR count). The van der Waals surface area contributed by atoms with E-state index in [0.29, 0.717) is 0 Å². The Kier molecular flexibility index (Phi) is 0.538. The summed E-state index contributed by atoms with van der Waals surface area (Å²) in [6, 6.07) is 0. The molecular weight excluding hydrogens is 80.0 g/mol. The van der Waals surface area contributed by atoms with Crippen molar-refractivity contribution in [1.82, 2.24) is 0 Å². The number of nitrogens with zero attached hydrogens (tertiary/aromatic N) is 2. The van der Waals surface area contributed by atoms with Crippen LogP contribution >= 0.6 is 0 Å². The van der Waals surface area contributed by atoms with Crippen molar-refractivity contribution in [3.8, 4) is 0 Å². The van der Waals surface area contributed by atoms with Crippen molar-refractivity contribution >= 4 is 5.91 Å². The Labute approximate surface area is 34.4 Å². The summed E-state index contributed by atoms with van der Waals surface area (Å²) in [5.74, 6) is -0.324. The monoisotopic (exact) mass is 81.0 g/mol. The van der Waals surface area contributed by atoms with E-state index in [0.717, 1.165) is 0 Å². The molecule has 29 valence electrons. The van der Waals surface area contributed by atoms with E-state index >= 15 is 0 Å². The minimum atomic E-state index is -0.324. The van der Waals surface area contributed by atoms with Gasteiger partial charge in [-0.25, -0.2) is 0 Å². The lowest BCUT2D eigenvalue weighted by Gasteiger charge is -1.59. The summed E-state index contributed by atoms with van der Waals surface area (Å²) < 4.78 is 0. The zero-order valence-corrected chi connectivity index (χ0v) is 2.88. The summed E-state index contributed by atoms with van der Waals surface area (Å²) in [5.41, 5.74) is 0. The first kappa shape index (κ1) is 3.21. The van der Waals surface area contributed by atoms with Gasteiger partial charge in [0.25, 0.3) is 5.91 Å². The molecule has 0 aromatic heterocycles. The van der Waals surface area contributed by atoms with E-state index in [2.05, 4.69) is 16.4 Å². The van der Waals surface area contributed by atoms with E-state index in [-0.39, 0.29) is 5.91 Å². The highest BCUT2D eigenvalue weighted by atomic mass is 16.1. The van der Waals surface area contributed by atoms with Gasteiger partial charge in [-0.15, -0.1) is 10.2 Å². The highest BCUT2D eigenvalue weighted by molar-refractivity contribution is 5.88. The van der Waals surface area contributed by atoms with E-state index in [1.165, 1.54) is 6.08 Å². The Morgan fingerprint density at radius 3 is 2.83 bits per heavy atom. The van der Waals surface area contributed by atoms with Gasteiger partial charge in [0.1, 0.15) is 6.20 Å². The molecule has 0 fully saturated rings. The molecule has 0 N–H and O–H groups in total. The number of azo groups is 1. The summed E-state index contributed by atoms with van der Waals surface area (Å²) in [7, 11) is 0. The minimum Gasteiger partial charge on any atom is -0.266 e. The average Bonchev–Trinajstić information content (AvgIpc) is 1.86. The molecule has 1 amide bonds. The van der Waals surface area contributed by atoms with Gasteiger partial charge in [-0.3, -0.25) is 4.79 Å². The second-order valence-electron chi connectivity index (χ2n) is 0.812. The SMILES string of the molecule is O=C1C=[C]N=N1. The zero-order valence-electron chi connectivity index (χ0n) is 2.88. The predicted molar refractivity (Wildman–Crippen MR) is 17.7 cm³/mol. The smallest absolute Gasteiger partial charge is 0.266 e. The molecule has 1 radical (unpaired) electrons. The van der Waals surface area contributed by atoms with Crippen molar-refractivity contribution in [2.75, 3.05) is 0 Å². The molecule has 6 heavy (non-hydrogen) atoms. The summed E-state index contributed by atoms with van der Waals surface area (Å²) >= 11 is 0. The molecular formula is C3HN2O. The van der Waals surface area contributed by atoms with Gasteiger partial charge in [0.2, 0.25) is 0 Å². The maximum absolute atomic E-state index is 9.86. The van der Waals surface area contributed by atoms with Crippen molar-refractivity contribution < 1.29 is 4.79 Å². The molecule has 3 nitrogen and oxygen atoms in total. The Hall–Kier alpha value is -0.990. The maximum atomic E-state index is 9.86. The van der Waals surface area contributed by atoms with Crippen LogP contribution in [0.25, 0.3) is 0 Å². The third-order valence-electron chi connectivity index (χ3n) is 0.394. The van der Waals surface area contributed by atoms with Crippen molar-refractivity contribution in [3.63, 3.8) is 0 Å². The van der Waals surface area contributed by atoms with E-state index in [1.807, 2.05) is 0 Å². The average molecular weight is 81.1 g/mol. The molecule has 0 aromatic carbocycles. The lowest BCUT2D eigenvalue weighted by atomic mass is 10.6. The fourth-order valence-electron chi connectivity index (χ4n) is 0.191. The first-order valence-electron chi connectivity index (χ1n) is 1.43. The molecule has 1 heterocycles. The van der Waals surface area contributed by atoms with E-state index in [9.17, 15) is 4.79 Å². The molecule has 0 atom stereocenters.